The van der Waals surface area contributed by atoms with Gasteiger partial charge in [0.2, 0.25) is 5.91 Å². The van der Waals surface area contributed by atoms with Crippen LogP contribution in [0.3, 0.4) is 0 Å². The zero-order chi connectivity index (χ0) is 16.4. The van der Waals surface area contributed by atoms with Gasteiger partial charge in [-0.2, -0.15) is 0 Å². The van der Waals surface area contributed by atoms with Crippen molar-refractivity contribution in [1.82, 2.24) is 19.9 Å². The van der Waals surface area contributed by atoms with Crippen LogP contribution in [0.25, 0.3) is 0 Å². The topological polar surface area (TPSA) is 71.2 Å². The van der Waals surface area contributed by atoms with E-state index in [9.17, 15) is 9.90 Å². The maximum absolute atomic E-state index is 12.9. The molecule has 1 aliphatic heterocycles. The van der Waals surface area contributed by atoms with Crippen molar-refractivity contribution in [1.29, 1.82) is 0 Å². The molecule has 1 amide bonds. The van der Waals surface area contributed by atoms with Crippen molar-refractivity contribution in [3.05, 3.63) is 11.9 Å². The number of carbonyl (C=O) groups excluding carboxylic acids is 1. The number of rotatable bonds is 3. The Kier molecular flexibility index (Phi) is 4.71. The van der Waals surface area contributed by atoms with Crippen LogP contribution in [0.2, 0.25) is 0 Å². The monoisotopic (exact) mass is 320 g/mol. The summed E-state index contributed by atoms with van der Waals surface area (Å²) in [6.07, 6.45) is 8.75. The lowest BCUT2D eigenvalue weighted by atomic mass is 9.74. The Bertz CT molecular complexity index is 541. The van der Waals surface area contributed by atoms with E-state index in [1.807, 2.05) is 15.8 Å². The largest absolute Gasteiger partial charge is 0.387 e. The molecule has 1 N–H and O–H groups in total. The third kappa shape index (κ3) is 3.42. The summed E-state index contributed by atoms with van der Waals surface area (Å²) in [4.78, 5) is 14.9. The van der Waals surface area contributed by atoms with Crippen molar-refractivity contribution in [3.63, 3.8) is 0 Å². The van der Waals surface area contributed by atoms with Crippen LogP contribution < -0.4 is 0 Å². The quantitative estimate of drug-likeness (QED) is 0.928. The molecule has 0 bridgehead atoms. The minimum absolute atomic E-state index is 0.141. The van der Waals surface area contributed by atoms with Gasteiger partial charge in [0.15, 0.2) is 0 Å². The van der Waals surface area contributed by atoms with E-state index in [0.29, 0.717) is 11.6 Å². The van der Waals surface area contributed by atoms with Crippen LogP contribution in [-0.2, 0) is 4.79 Å². The smallest absolute Gasteiger partial charge is 0.228 e. The Hall–Kier alpha value is -1.43. The summed E-state index contributed by atoms with van der Waals surface area (Å²) in [7, 11) is 0. The Morgan fingerprint density at radius 2 is 1.96 bits per heavy atom. The first-order chi connectivity index (χ1) is 11.0. The van der Waals surface area contributed by atoms with Crippen molar-refractivity contribution < 1.29 is 9.90 Å². The van der Waals surface area contributed by atoms with Gasteiger partial charge in [0.1, 0.15) is 5.69 Å². The molecule has 2 aliphatic rings. The average Bonchev–Trinajstić information content (AvgIpc) is 3.05. The van der Waals surface area contributed by atoms with E-state index in [0.717, 1.165) is 38.8 Å². The fourth-order valence-corrected chi connectivity index (χ4v) is 3.92. The highest BCUT2D eigenvalue weighted by molar-refractivity contribution is 5.82. The lowest BCUT2D eigenvalue weighted by Gasteiger charge is -2.40. The predicted octanol–water partition coefficient (Wildman–Crippen LogP) is 2.47. The number of nitrogens with zero attached hydrogens (tertiary/aromatic N) is 4. The van der Waals surface area contributed by atoms with Gasteiger partial charge in [-0.15, -0.1) is 5.10 Å². The summed E-state index contributed by atoms with van der Waals surface area (Å²) in [6, 6.07) is 0.276. The molecule has 0 spiro atoms. The summed E-state index contributed by atoms with van der Waals surface area (Å²) < 4.78 is 1.85. The Morgan fingerprint density at radius 1 is 1.30 bits per heavy atom. The number of carbonyl (C=O) groups is 1. The third-order valence-corrected chi connectivity index (χ3v) is 5.56. The summed E-state index contributed by atoms with van der Waals surface area (Å²) in [5.74, 6) is 0.346. The first kappa shape index (κ1) is 16.4. The minimum Gasteiger partial charge on any atom is -0.387 e. The van der Waals surface area contributed by atoms with Crippen LogP contribution in [0, 0.1) is 5.41 Å². The molecule has 0 radical (unpaired) electrons. The van der Waals surface area contributed by atoms with Crippen LogP contribution >= 0.6 is 0 Å². The maximum Gasteiger partial charge on any atom is 0.228 e. The predicted molar refractivity (Wildman–Crippen MR) is 86.7 cm³/mol. The van der Waals surface area contributed by atoms with Crippen molar-refractivity contribution in [2.45, 2.75) is 70.9 Å². The lowest BCUT2D eigenvalue weighted by molar-refractivity contribution is -0.144. The van der Waals surface area contributed by atoms with Crippen LogP contribution in [-0.4, -0.2) is 44.0 Å². The highest BCUT2D eigenvalue weighted by Gasteiger charge is 2.38. The van der Waals surface area contributed by atoms with Gasteiger partial charge in [-0.25, -0.2) is 4.68 Å². The summed E-state index contributed by atoms with van der Waals surface area (Å²) in [5.41, 5.74) is 0.468. The minimum atomic E-state index is -0.586. The molecule has 3 rings (SSSR count). The average molecular weight is 320 g/mol. The number of aliphatic hydroxyl groups is 1. The van der Waals surface area contributed by atoms with Crippen molar-refractivity contribution in [2.24, 2.45) is 5.41 Å². The molecule has 6 nitrogen and oxygen atoms in total. The molecule has 2 fully saturated rings. The molecule has 1 atom stereocenters. The molecule has 2 heterocycles. The summed E-state index contributed by atoms with van der Waals surface area (Å²) in [6.45, 7) is 5.43. The molecule has 6 heteroatoms. The molecule has 128 valence electrons. The number of piperidine rings is 1. The molecule has 0 unspecified atom stereocenters. The van der Waals surface area contributed by atoms with Gasteiger partial charge in [0.25, 0.3) is 0 Å². The van der Waals surface area contributed by atoms with Crippen molar-refractivity contribution in [3.8, 4) is 0 Å². The fraction of sp³-hybridized carbons (Fsp3) is 0.824. The van der Waals surface area contributed by atoms with E-state index in [2.05, 4.69) is 17.2 Å². The molecule has 1 aliphatic carbocycles. The third-order valence-electron chi connectivity index (χ3n) is 5.56. The van der Waals surface area contributed by atoms with Crippen molar-refractivity contribution >= 4 is 5.91 Å². The molecule has 23 heavy (non-hydrogen) atoms. The van der Waals surface area contributed by atoms with Crippen LogP contribution in [0.1, 0.15) is 76.6 Å². The number of likely N-dealkylation sites (tertiary alicyclic amines) is 1. The van der Waals surface area contributed by atoms with Crippen LogP contribution in [0.15, 0.2) is 6.20 Å². The molecule has 1 aromatic heterocycles. The van der Waals surface area contributed by atoms with Crippen molar-refractivity contribution in [2.75, 3.05) is 13.1 Å². The van der Waals surface area contributed by atoms with E-state index in [1.54, 1.807) is 6.92 Å². The van der Waals surface area contributed by atoms with E-state index >= 15 is 0 Å². The first-order valence-electron chi connectivity index (χ1n) is 8.89. The number of aromatic nitrogens is 3. The number of aliphatic hydroxyl groups excluding tert-OH is 1. The molecule has 1 saturated heterocycles. The van der Waals surface area contributed by atoms with Gasteiger partial charge in [0, 0.05) is 18.5 Å². The molecule has 1 saturated carbocycles. The van der Waals surface area contributed by atoms with E-state index in [4.69, 9.17) is 0 Å². The summed E-state index contributed by atoms with van der Waals surface area (Å²) in [5, 5.41) is 17.7. The SMILES string of the molecule is C[C@@H](O)c1cn(C2CCN(C(=O)C3(C)CCCCC3)CC2)nn1. The Labute approximate surface area is 137 Å². The second-order valence-corrected chi connectivity index (χ2v) is 7.44. The normalized spacial score (nSPS) is 23.7. The Morgan fingerprint density at radius 3 is 2.52 bits per heavy atom. The fourth-order valence-electron chi connectivity index (χ4n) is 3.92. The van der Waals surface area contributed by atoms with Gasteiger partial charge in [0.05, 0.1) is 18.3 Å². The molecular formula is C17H28N4O2. The Balaban J connectivity index is 1.58. The standard InChI is InChI=1S/C17H28N4O2/c1-13(22)15-12-21(19-18-15)14-6-10-20(11-7-14)16(23)17(2)8-4-3-5-9-17/h12-14,22H,3-11H2,1-2H3/t13-/m1/s1. The van der Waals surface area contributed by atoms with E-state index < -0.39 is 6.10 Å². The van der Waals surface area contributed by atoms with Gasteiger partial charge >= 0.3 is 0 Å². The van der Waals surface area contributed by atoms with Crippen LogP contribution in [0.4, 0.5) is 0 Å². The van der Waals surface area contributed by atoms with Gasteiger partial charge in [-0.05, 0) is 32.6 Å². The molecule has 1 aromatic rings. The highest BCUT2D eigenvalue weighted by Crippen LogP contribution is 2.38. The van der Waals surface area contributed by atoms with E-state index in [1.165, 1.54) is 19.3 Å². The maximum atomic E-state index is 12.9. The zero-order valence-corrected chi connectivity index (χ0v) is 14.2. The molecule has 0 aromatic carbocycles. The number of hydrogen-bond acceptors (Lipinski definition) is 4. The first-order valence-corrected chi connectivity index (χ1v) is 8.89. The zero-order valence-electron chi connectivity index (χ0n) is 14.2. The second-order valence-electron chi connectivity index (χ2n) is 7.44. The number of hydrogen-bond donors (Lipinski definition) is 1. The van der Waals surface area contributed by atoms with Gasteiger partial charge in [-0.1, -0.05) is 31.4 Å². The molecular weight excluding hydrogens is 292 g/mol. The summed E-state index contributed by atoms with van der Waals surface area (Å²) >= 11 is 0. The number of amides is 1. The highest BCUT2D eigenvalue weighted by atomic mass is 16.3. The van der Waals surface area contributed by atoms with Gasteiger partial charge in [-0.3, -0.25) is 4.79 Å². The van der Waals surface area contributed by atoms with Crippen LogP contribution in [0.5, 0.6) is 0 Å². The van der Waals surface area contributed by atoms with Gasteiger partial charge < -0.3 is 10.0 Å². The van der Waals surface area contributed by atoms with E-state index in [-0.39, 0.29) is 11.5 Å². The lowest BCUT2D eigenvalue weighted by Crippen LogP contribution is -2.47. The second kappa shape index (κ2) is 6.59.